The Bertz CT molecular complexity index is 921. The van der Waals surface area contributed by atoms with Crippen molar-refractivity contribution in [2.45, 2.75) is 48.1 Å². The van der Waals surface area contributed by atoms with Gasteiger partial charge in [-0.15, -0.1) is 0 Å². The first-order valence-electron chi connectivity index (χ1n) is 9.62. The predicted molar refractivity (Wildman–Crippen MR) is 112 cm³/mol. The minimum absolute atomic E-state index is 0.201. The minimum Gasteiger partial charge on any atom is -0.452 e. The van der Waals surface area contributed by atoms with Crippen molar-refractivity contribution in [2.75, 3.05) is 18.5 Å². The lowest BCUT2D eigenvalue weighted by Gasteiger charge is -2.13. The zero-order valence-corrected chi connectivity index (χ0v) is 17.9. The number of nitrogens with zero attached hydrogens (tertiary/aromatic N) is 1. The third-order valence-electron chi connectivity index (χ3n) is 4.83. The molecule has 156 valence electrons. The largest absolute Gasteiger partial charge is 0.452 e. The maximum Gasteiger partial charge on any atom is 0.340 e. The quantitative estimate of drug-likeness (QED) is 0.701. The molecule has 7 heteroatoms. The summed E-state index contributed by atoms with van der Waals surface area (Å²) >= 11 is 0. The van der Waals surface area contributed by atoms with Crippen LogP contribution in [0.4, 0.5) is 5.69 Å². The fourth-order valence-corrected chi connectivity index (χ4v) is 3.49. The topological polar surface area (TPSA) is 89.4 Å². The Labute approximate surface area is 171 Å². The molecule has 2 amide bonds. The SMILES string of the molecule is CCn1c(C)cc(C(=O)OCC(=O)NCC(=O)Nc2c(C)cc(C)cc2C)c1C. The molecule has 0 aliphatic carbocycles. The number of anilines is 1. The van der Waals surface area contributed by atoms with Crippen LogP contribution in [0.1, 0.15) is 45.4 Å². The van der Waals surface area contributed by atoms with Crippen molar-refractivity contribution < 1.29 is 19.1 Å². The van der Waals surface area contributed by atoms with Crippen LogP contribution in [0.2, 0.25) is 0 Å². The maximum absolute atomic E-state index is 12.2. The summed E-state index contributed by atoms with van der Waals surface area (Å²) in [6, 6.07) is 5.71. The molecule has 7 nitrogen and oxygen atoms in total. The Morgan fingerprint density at radius 2 is 1.59 bits per heavy atom. The Balaban J connectivity index is 1.84. The van der Waals surface area contributed by atoms with E-state index < -0.39 is 18.5 Å². The van der Waals surface area contributed by atoms with Gasteiger partial charge in [-0.3, -0.25) is 9.59 Å². The summed E-state index contributed by atoms with van der Waals surface area (Å²) in [6.45, 7) is 11.7. The summed E-state index contributed by atoms with van der Waals surface area (Å²) in [5, 5.41) is 5.28. The number of nitrogens with one attached hydrogen (secondary N) is 2. The second-order valence-electron chi connectivity index (χ2n) is 7.20. The Morgan fingerprint density at radius 1 is 0.966 bits per heavy atom. The molecule has 1 aromatic carbocycles. The zero-order chi connectivity index (χ0) is 21.7. The Morgan fingerprint density at radius 3 is 2.14 bits per heavy atom. The molecular weight excluding hydrogens is 370 g/mol. The molecule has 2 rings (SSSR count). The van der Waals surface area contributed by atoms with E-state index in [9.17, 15) is 14.4 Å². The molecule has 2 aromatic rings. The van der Waals surface area contributed by atoms with Gasteiger partial charge in [-0.25, -0.2) is 4.79 Å². The number of esters is 1. The number of aryl methyl sites for hydroxylation is 4. The molecule has 0 saturated carbocycles. The molecule has 0 unspecified atom stereocenters. The van der Waals surface area contributed by atoms with Crippen LogP contribution in [0.25, 0.3) is 0 Å². The zero-order valence-electron chi connectivity index (χ0n) is 17.9. The van der Waals surface area contributed by atoms with E-state index in [4.69, 9.17) is 4.74 Å². The van der Waals surface area contributed by atoms with Crippen LogP contribution in [0.15, 0.2) is 18.2 Å². The van der Waals surface area contributed by atoms with Gasteiger partial charge in [-0.2, -0.15) is 0 Å². The van der Waals surface area contributed by atoms with Gasteiger partial charge >= 0.3 is 5.97 Å². The third kappa shape index (κ3) is 5.47. The van der Waals surface area contributed by atoms with Crippen molar-refractivity contribution in [3.05, 3.63) is 51.8 Å². The van der Waals surface area contributed by atoms with Gasteiger partial charge < -0.3 is 19.9 Å². The second kappa shape index (κ2) is 9.41. The Kier molecular flexibility index (Phi) is 7.20. The normalized spacial score (nSPS) is 10.6. The van der Waals surface area contributed by atoms with E-state index in [-0.39, 0.29) is 12.5 Å². The van der Waals surface area contributed by atoms with Gasteiger partial charge in [0.05, 0.1) is 12.1 Å². The lowest BCUT2D eigenvalue weighted by molar-refractivity contribution is -0.126. The Hall–Kier alpha value is -3.09. The van der Waals surface area contributed by atoms with Crippen LogP contribution in [0.5, 0.6) is 0 Å². The van der Waals surface area contributed by atoms with Gasteiger partial charge in [0.2, 0.25) is 5.91 Å². The standard InChI is InChI=1S/C22H29N3O4/c1-7-25-16(5)10-18(17(25)6)22(28)29-12-20(27)23-11-19(26)24-21-14(3)8-13(2)9-15(21)4/h8-10H,7,11-12H2,1-6H3,(H,23,27)(H,24,26). The summed E-state index contributed by atoms with van der Waals surface area (Å²) < 4.78 is 7.09. The molecule has 1 heterocycles. The van der Waals surface area contributed by atoms with Crippen LogP contribution in [-0.2, 0) is 20.9 Å². The molecule has 1 aromatic heterocycles. The fraction of sp³-hybridized carbons (Fsp3) is 0.409. The highest BCUT2D eigenvalue weighted by Crippen LogP contribution is 2.21. The number of hydrogen-bond acceptors (Lipinski definition) is 4. The number of carbonyl (C=O) groups is 3. The van der Waals surface area contributed by atoms with Crippen molar-refractivity contribution in [3.63, 3.8) is 0 Å². The summed E-state index contributed by atoms with van der Waals surface area (Å²) in [6.07, 6.45) is 0. The summed E-state index contributed by atoms with van der Waals surface area (Å²) in [4.78, 5) is 36.3. The first-order valence-corrected chi connectivity index (χ1v) is 9.62. The van der Waals surface area contributed by atoms with Gasteiger partial charge in [-0.05, 0) is 58.7 Å². The highest BCUT2D eigenvalue weighted by Gasteiger charge is 2.18. The lowest BCUT2D eigenvalue weighted by atomic mass is 10.1. The molecule has 0 saturated heterocycles. The predicted octanol–water partition coefficient (Wildman–Crippen LogP) is 2.96. The van der Waals surface area contributed by atoms with Gasteiger partial charge in [-0.1, -0.05) is 17.7 Å². The molecule has 0 atom stereocenters. The van der Waals surface area contributed by atoms with Crippen molar-refractivity contribution in [1.29, 1.82) is 0 Å². The van der Waals surface area contributed by atoms with E-state index in [2.05, 4.69) is 10.6 Å². The molecule has 2 N–H and O–H groups in total. The van der Waals surface area contributed by atoms with Crippen LogP contribution >= 0.6 is 0 Å². The highest BCUT2D eigenvalue weighted by molar-refractivity contribution is 5.96. The van der Waals surface area contributed by atoms with Gasteiger partial charge in [0.25, 0.3) is 5.91 Å². The molecular formula is C22H29N3O4. The molecule has 0 bridgehead atoms. The van der Waals surface area contributed by atoms with E-state index in [1.807, 2.05) is 58.2 Å². The molecule has 0 aliphatic heterocycles. The molecule has 0 fully saturated rings. The first kappa shape index (κ1) is 22.2. The number of aromatic nitrogens is 1. The molecule has 0 spiro atoms. The number of benzene rings is 1. The summed E-state index contributed by atoms with van der Waals surface area (Å²) in [7, 11) is 0. The van der Waals surface area contributed by atoms with Crippen molar-refractivity contribution >= 4 is 23.5 Å². The van der Waals surface area contributed by atoms with E-state index in [1.165, 1.54) is 0 Å². The van der Waals surface area contributed by atoms with Crippen molar-refractivity contribution in [1.82, 2.24) is 9.88 Å². The number of rotatable bonds is 7. The van der Waals surface area contributed by atoms with Crippen LogP contribution < -0.4 is 10.6 Å². The van der Waals surface area contributed by atoms with Gasteiger partial charge in [0.15, 0.2) is 6.61 Å². The summed E-state index contributed by atoms with van der Waals surface area (Å²) in [5.41, 5.74) is 5.99. The van der Waals surface area contributed by atoms with Crippen LogP contribution in [-0.4, -0.2) is 35.5 Å². The van der Waals surface area contributed by atoms with Crippen LogP contribution in [0.3, 0.4) is 0 Å². The van der Waals surface area contributed by atoms with Gasteiger partial charge in [0, 0.05) is 23.6 Å². The average molecular weight is 399 g/mol. The second-order valence-corrected chi connectivity index (χ2v) is 7.20. The number of amides is 2. The van der Waals surface area contributed by atoms with E-state index in [0.29, 0.717) is 5.56 Å². The lowest BCUT2D eigenvalue weighted by Crippen LogP contribution is -2.35. The highest BCUT2D eigenvalue weighted by atomic mass is 16.5. The minimum atomic E-state index is -0.552. The molecule has 0 aliphatic rings. The number of hydrogen-bond donors (Lipinski definition) is 2. The third-order valence-corrected chi connectivity index (χ3v) is 4.83. The van der Waals surface area contributed by atoms with E-state index in [1.54, 1.807) is 6.07 Å². The fourth-order valence-electron chi connectivity index (χ4n) is 3.49. The van der Waals surface area contributed by atoms with E-state index >= 15 is 0 Å². The average Bonchev–Trinajstić information content (AvgIpc) is 2.94. The number of ether oxygens (including phenoxy) is 1. The molecule has 29 heavy (non-hydrogen) atoms. The maximum atomic E-state index is 12.2. The van der Waals surface area contributed by atoms with Crippen LogP contribution in [0, 0.1) is 34.6 Å². The van der Waals surface area contributed by atoms with Crippen molar-refractivity contribution in [3.8, 4) is 0 Å². The van der Waals surface area contributed by atoms with Crippen molar-refractivity contribution in [2.24, 2.45) is 0 Å². The monoisotopic (exact) mass is 399 g/mol. The first-order chi connectivity index (χ1) is 13.6. The summed E-state index contributed by atoms with van der Waals surface area (Å²) in [5.74, 6) is -1.43. The smallest absolute Gasteiger partial charge is 0.340 e. The van der Waals surface area contributed by atoms with E-state index in [0.717, 1.165) is 40.3 Å². The van der Waals surface area contributed by atoms with Gasteiger partial charge in [0.1, 0.15) is 0 Å². The molecule has 0 radical (unpaired) electrons. The number of carbonyl (C=O) groups excluding carboxylic acids is 3.